The van der Waals surface area contributed by atoms with Crippen LogP contribution in [0.2, 0.25) is 0 Å². The number of nitrogens with one attached hydrogen (secondary N) is 1. The maximum absolute atomic E-state index is 6.26. The van der Waals surface area contributed by atoms with E-state index in [1.54, 1.807) is 7.11 Å². The summed E-state index contributed by atoms with van der Waals surface area (Å²) in [6.45, 7) is 1.94. The number of nitrogens with zero attached hydrogens (tertiary/aromatic N) is 2. The van der Waals surface area contributed by atoms with Crippen LogP contribution in [0.4, 0.5) is 5.82 Å². The van der Waals surface area contributed by atoms with E-state index in [0.29, 0.717) is 5.88 Å². The molecule has 20 heavy (non-hydrogen) atoms. The van der Waals surface area contributed by atoms with Crippen LogP contribution < -0.4 is 15.8 Å². The molecule has 1 aromatic carbocycles. The molecule has 1 aromatic heterocycles. The zero-order valence-electron chi connectivity index (χ0n) is 11.6. The van der Waals surface area contributed by atoms with Gasteiger partial charge in [-0.1, -0.05) is 24.3 Å². The quantitative estimate of drug-likeness (QED) is 0.890. The van der Waals surface area contributed by atoms with Crippen molar-refractivity contribution in [1.82, 2.24) is 9.97 Å². The van der Waals surface area contributed by atoms with Crippen LogP contribution in [0.5, 0.6) is 5.88 Å². The van der Waals surface area contributed by atoms with E-state index in [9.17, 15) is 0 Å². The Labute approximate surface area is 118 Å². The fraction of sp³-hybridized carbons (Fsp3) is 0.333. The van der Waals surface area contributed by atoms with Gasteiger partial charge in [-0.3, -0.25) is 0 Å². The Balaban J connectivity index is 1.92. The van der Waals surface area contributed by atoms with Crippen molar-refractivity contribution in [3.05, 3.63) is 47.3 Å². The van der Waals surface area contributed by atoms with Gasteiger partial charge < -0.3 is 15.8 Å². The van der Waals surface area contributed by atoms with Gasteiger partial charge in [-0.15, -0.1) is 0 Å². The third-order valence-electron chi connectivity index (χ3n) is 3.80. The Hall–Kier alpha value is -2.14. The number of hydrogen-bond acceptors (Lipinski definition) is 5. The van der Waals surface area contributed by atoms with E-state index in [1.807, 2.05) is 19.1 Å². The zero-order valence-corrected chi connectivity index (χ0v) is 11.6. The van der Waals surface area contributed by atoms with Gasteiger partial charge in [0.15, 0.2) is 0 Å². The molecule has 3 N–H and O–H groups in total. The smallest absolute Gasteiger partial charge is 0.221 e. The lowest BCUT2D eigenvalue weighted by molar-refractivity contribution is 0.393. The standard InChI is InChI=1S/C15H18N4O/c1-9-14(17-8-18-15(9)20-2)19-13-11-6-4-3-5-10(11)7-12(13)16/h3-6,8,12-13H,7,16H2,1-2H3,(H,17,18,19). The first kappa shape index (κ1) is 12.9. The number of aromatic nitrogens is 2. The van der Waals surface area contributed by atoms with E-state index < -0.39 is 0 Å². The average molecular weight is 270 g/mol. The van der Waals surface area contributed by atoms with Crippen molar-refractivity contribution in [2.24, 2.45) is 5.73 Å². The minimum Gasteiger partial charge on any atom is -0.481 e. The summed E-state index contributed by atoms with van der Waals surface area (Å²) in [6, 6.07) is 8.46. The number of anilines is 1. The Kier molecular flexibility index (Phi) is 3.28. The first-order chi connectivity index (χ1) is 9.70. The fourth-order valence-corrected chi connectivity index (χ4v) is 2.74. The summed E-state index contributed by atoms with van der Waals surface area (Å²) >= 11 is 0. The highest BCUT2D eigenvalue weighted by atomic mass is 16.5. The van der Waals surface area contributed by atoms with Gasteiger partial charge in [-0.2, -0.15) is 0 Å². The predicted molar refractivity (Wildman–Crippen MR) is 77.8 cm³/mol. The SMILES string of the molecule is COc1ncnc(NC2c3ccccc3CC2N)c1C. The van der Waals surface area contributed by atoms with Crippen molar-refractivity contribution in [3.63, 3.8) is 0 Å². The number of methoxy groups -OCH3 is 1. The highest BCUT2D eigenvalue weighted by molar-refractivity contribution is 5.52. The summed E-state index contributed by atoms with van der Waals surface area (Å²) in [5.41, 5.74) is 9.70. The van der Waals surface area contributed by atoms with Crippen LogP contribution in [-0.4, -0.2) is 23.1 Å². The van der Waals surface area contributed by atoms with Gasteiger partial charge in [0.25, 0.3) is 0 Å². The molecule has 0 spiro atoms. The van der Waals surface area contributed by atoms with Gasteiger partial charge in [0, 0.05) is 6.04 Å². The van der Waals surface area contributed by atoms with Crippen molar-refractivity contribution < 1.29 is 4.74 Å². The summed E-state index contributed by atoms with van der Waals surface area (Å²) in [7, 11) is 1.61. The van der Waals surface area contributed by atoms with Crippen molar-refractivity contribution >= 4 is 5.82 Å². The number of ether oxygens (including phenoxy) is 1. The molecule has 1 heterocycles. The number of fused-ring (bicyclic) bond motifs is 1. The van der Waals surface area contributed by atoms with Gasteiger partial charge in [0.2, 0.25) is 5.88 Å². The third-order valence-corrected chi connectivity index (χ3v) is 3.80. The Morgan fingerprint density at radius 2 is 2.10 bits per heavy atom. The molecule has 1 aliphatic rings. The minimum absolute atomic E-state index is 0.0489. The van der Waals surface area contributed by atoms with E-state index in [4.69, 9.17) is 10.5 Å². The Bertz CT molecular complexity index is 629. The molecule has 1 aliphatic carbocycles. The largest absolute Gasteiger partial charge is 0.481 e. The molecule has 3 rings (SSSR count). The maximum Gasteiger partial charge on any atom is 0.221 e. The molecule has 0 saturated heterocycles. The first-order valence-corrected chi connectivity index (χ1v) is 6.66. The van der Waals surface area contributed by atoms with Crippen LogP contribution in [0.25, 0.3) is 0 Å². The lowest BCUT2D eigenvalue weighted by Crippen LogP contribution is -2.30. The molecule has 0 aliphatic heterocycles. The monoisotopic (exact) mass is 270 g/mol. The van der Waals surface area contributed by atoms with Gasteiger partial charge in [0.05, 0.1) is 18.7 Å². The summed E-state index contributed by atoms with van der Waals surface area (Å²) < 4.78 is 5.22. The second kappa shape index (κ2) is 5.09. The fourth-order valence-electron chi connectivity index (χ4n) is 2.74. The second-order valence-electron chi connectivity index (χ2n) is 5.05. The molecule has 0 amide bonds. The van der Waals surface area contributed by atoms with E-state index >= 15 is 0 Å². The van der Waals surface area contributed by atoms with Crippen molar-refractivity contribution in [1.29, 1.82) is 0 Å². The van der Waals surface area contributed by atoms with Gasteiger partial charge in [0.1, 0.15) is 12.1 Å². The second-order valence-corrected chi connectivity index (χ2v) is 5.05. The number of rotatable bonds is 3. The van der Waals surface area contributed by atoms with Gasteiger partial charge in [-0.25, -0.2) is 9.97 Å². The molecule has 2 atom stereocenters. The van der Waals surface area contributed by atoms with Crippen LogP contribution >= 0.6 is 0 Å². The third kappa shape index (κ3) is 2.10. The first-order valence-electron chi connectivity index (χ1n) is 6.66. The molecule has 0 fully saturated rings. The van der Waals surface area contributed by atoms with E-state index in [1.165, 1.54) is 17.5 Å². The predicted octanol–water partition coefficient (Wildman–Crippen LogP) is 1.83. The summed E-state index contributed by atoms with van der Waals surface area (Å²) in [5.74, 6) is 1.36. The van der Waals surface area contributed by atoms with E-state index in [0.717, 1.165) is 17.8 Å². The molecule has 2 unspecified atom stereocenters. The minimum atomic E-state index is 0.0489. The van der Waals surface area contributed by atoms with Gasteiger partial charge in [-0.05, 0) is 24.5 Å². The summed E-state index contributed by atoms with van der Waals surface area (Å²) in [6.07, 6.45) is 2.38. The maximum atomic E-state index is 6.26. The van der Waals surface area contributed by atoms with Crippen molar-refractivity contribution in [3.8, 4) is 5.88 Å². The molecule has 0 radical (unpaired) electrons. The average Bonchev–Trinajstić information content (AvgIpc) is 2.77. The van der Waals surface area contributed by atoms with Crippen LogP contribution in [0.1, 0.15) is 22.7 Å². The molecular formula is C15H18N4O. The zero-order chi connectivity index (χ0) is 14.1. The topological polar surface area (TPSA) is 73.1 Å². The summed E-state index contributed by atoms with van der Waals surface area (Å²) in [4.78, 5) is 8.39. The molecule has 2 aromatic rings. The Morgan fingerprint density at radius 3 is 2.90 bits per heavy atom. The highest BCUT2D eigenvalue weighted by Crippen LogP contribution is 2.34. The Morgan fingerprint density at radius 1 is 1.30 bits per heavy atom. The van der Waals surface area contributed by atoms with Crippen LogP contribution in [0.15, 0.2) is 30.6 Å². The molecule has 0 saturated carbocycles. The van der Waals surface area contributed by atoms with Crippen LogP contribution in [-0.2, 0) is 6.42 Å². The lowest BCUT2D eigenvalue weighted by Gasteiger charge is -2.20. The number of hydrogen-bond donors (Lipinski definition) is 2. The number of nitrogens with two attached hydrogens (primary N) is 1. The normalized spacial score (nSPS) is 20.6. The van der Waals surface area contributed by atoms with E-state index in [2.05, 4.69) is 27.4 Å². The van der Waals surface area contributed by atoms with Crippen LogP contribution in [0.3, 0.4) is 0 Å². The highest BCUT2D eigenvalue weighted by Gasteiger charge is 2.30. The van der Waals surface area contributed by atoms with E-state index in [-0.39, 0.29) is 12.1 Å². The molecule has 104 valence electrons. The van der Waals surface area contributed by atoms with Gasteiger partial charge >= 0.3 is 0 Å². The van der Waals surface area contributed by atoms with Crippen molar-refractivity contribution in [2.45, 2.75) is 25.4 Å². The molecule has 0 bridgehead atoms. The van der Waals surface area contributed by atoms with Crippen LogP contribution in [0, 0.1) is 6.92 Å². The van der Waals surface area contributed by atoms with Crippen molar-refractivity contribution in [2.75, 3.05) is 12.4 Å². The lowest BCUT2D eigenvalue weighted by atomic mass is 10.1. The summed E-state index contributed by atoms with van der Waals surface area (Å²) in [5, 5.41) is 3.43. The number of benzene rings is 1. The molecular weight excluding hydrogens is 252 g/mol. The molecule has 5 nitrogen and oxygen atoms in total. The molecule has 5 heteroatoms.